The molecule has 0 N–H and O–H groups in total. The van der Waals surface area contributed by atoms with E-state index in [1.54, 1.807) is 11.3 Å². The smallest absolute Gasteiger partial charge is 0.190 e. The summed E-state index contributed by atoms with van der Waals surface area (Å²) in [6.45, 7) is 1.96. The van der Waals surface area contributed by atoms with Gasteiger partial charge in [0.1, 0.15) is 5.15 Å². The van der Waals surface area contributed by atoms with Crippen molar-refractivity contribution in [2.75, 3.05) is 0 Å². The molecule has 2 aromatic rings. The predicted octanol–water partition coefficient (Wildman–Crippen LogP) is 3.44. The summed E-state index contributed by atoms with van der Waals surface area (Å²) in [5.41, 5.74) is 2.06. The molecule has 82 valence electrons. The Kier molecular flexibility index (Phi) is 2.41. The van der Waals surface area contributed by atoms with E-state index in [-0.39, 0.29) is 0 Å². The Morgan fingerprint density at radius 2 is 2.12 bits per heavy atom. The Balaban J connectivity index is 2.06. The molecule has 3 nitrogen and oxygen atoms in total. The molecule has 0 amide bonds. The molecule has 1 aliphatic rings. The van der Waals surface area contributed by atoms with Crippen molar-refractivity contribution in [2.45, 2.75) is 25.7 Å². The first kappa shape index (κ1) is 10.2. The molecule has 0 spiro atoms. The predicted molar refractivity (Wildman–Crippen MR) is 64.9 cm³/mol. The first-order chi connectivity index (χ1) is 7.72. The van der Waals surface area contributed by atoms with E-state index in [2.05, 4.69) is 15.0 Å². The highest BCUT2D eigenvalue weighted by Gasteiger charge is 2.26. The lowest BCUT2D eigenvalue weighted by Gasteiger charge is -2.01. The van der Waals surface area contributed by atoms with Crippen molar-refractivity contribution in [1.29, 1.82) is 0 Å². The largest absolute Gasteiger partial charge is 0.238 e. The highest BCUT2D eigenvalue weighted by Crippen LogP contribution is 2.40. The Bertz CT molecular complexity index is 534. The van der Waals surface area contributed by atoms with Crippen LogP contribution in [0.2, 0.25) is 5.15 Å². The van der Waals surface area contributed by atoms with E-state index in [1.165, 1.54) is 12.8 Å². The van der Waals surface area contributed by atoms with Crippen molar-refractivity contribution >= 4 is 22.9 Å². The number of aryl methyl sites for hydroxylation is 1. The maximum atomic E-state index is 6.00. The molecule has 1 saturated carbocycles. The number of hydrogen-bond donors (Lipinski definition) is 0. The molecule has 3 rings (SSSR count). The first-order valence-corrected chi connectivity index (χ1v) is 6.45. The molecule has 0 radical (unpaired) electrons. The Hall–Kier alpha value is -1.00. The van der Waals surface area contributed by atoms with E-state index in [9.17, 15) is 0 Å². The highest BCUT2D eigenvalue weighted by atomic mass is 35.5. The average Bonchev–Trinajstić information content (AvgIpc) is 3.01. The zero-order valence-electron chi connectivity index (χ0n) is 8.77. The van der Waals surface area contributed by atoms with Gasteiger partial charge in [-0.15, -0.1) is 11.3 Å². The maximum absolute atomic E-state index is 6.00. The van der Waals surface area contributed by atoms with Crippen LogP contribution < -0.4 is 0 Å². The second kappa shape index (κ2) is 3.79. The fourth-order valence-electron chi connectivity index (χ4n) is 1.58. The van der Waals surface area contributed by atoms with Crippen LogP contribution in [0.3, 0.4) is 0 Å². The molecule has 1 fully saturated rings. The van der Waals surface area contributed by atoms with Gasteiger partial charge in [0.15, 0.2) is 10.8 Å². The molecule has 16 heavy (non-hydrogen) atoms. The summed E-state index contributed by atoms with van der Waals surface area (Å²) >= 11 is 7.56. The van der Waals surface area contributed by atoms with Gasteiger partial charge in [-0.05, 0) is 25.8 Å². The Morgan fingerprint density at radius 3 is 2.75 bits per heavy atom. The van der Waals surface area contributed by atoms with Crippen LogP contribution in [0.5, 0.6) is 0 Å². The molecule has 0 aliphatic heterocycles. The minimum Gasteiger partial charge on any atom is -0.238 e. The standard InChI is InChI=1S/C11H10ClN3S/c1-6-5-16-11(13-6)10-14-8(7-2-3-7)4-9(12)15-10/h4-5,7H,2-3H2,1H3. The molecule has 0 atom stereocenters. The monoisotopic (exact) mass is 251 g/mol. The van der Waals surface area contributed by atoms with Crippen molar-refractivity contribution in [3.8, 4) is 10.8 Å². The van der Waals surface area contributed by atoms with Crippen LogP contribution in [0.4, 0.5) is 0 Å². The second-order valence-electron chi connectivity index (χ2n) is 4.01. The van der Waals surface area contributed by atoms with E-state index < -0.39 is 0 Å². The van der Waals surface area contributed by atoms with Crippen LogP contribution in [0, 0.1) is 6.92 Å². The van der Waals surface area contributed by atoms with E-state index in [0.29, 0.717) is 16.9 Å². The second-order valence-corrected chi connectivity index (χ2v) is 5.25. The molecule has 1 aliphatic carbocycles. The van der Waals surface area contributed by atoms with Crippen molar-refractivity contribution in [3.63, 3.8) is 0 Å². The van der Waals surface area contributed by atoms with Gasteiger partial charge in [-0.1, -0.05) is 11.6 Å². The van der Waals surface area contributed by atoms with Crippen molar-refractivity contribution in [2.24, 2.45) is 0 Å². The SMILES string of the molecule is Cc1csc(-c2nc(Cl)cc(C3CC3)n2)n1. The van der Waals surface area contributed by atoms with Crippen LogP contribution in [-0.4, -0.2) is 15.0 Å². The van der Waals surface area contributed by atoms with Crippen molar-refractivity contribution < 1.29 is 0 Å². The first-order valence-electron chi connectivity index (χ1n) is 5.19. The third-order valence-electron chi connectivity index (χ3n) is 2.52. The maximum Gasteiger partial charge on any atom is 0.190 e. The van der Waals surface area contributed by atoms with Crippen LogP contribution in [0.1, 0.15) is 30.1 Å². The average molecular weight is 252 g/mol. The molecule has 0 unspecified atom stereocenters. The van der Waals surface area contributed by atoms with Gasteiger partial charge < -0.3 is 0 Å². The van der Waals surface area contributed by atoms with Crippen molar-refractivity contribution in [1.82, 2.24) is 15.0 Å². The number of thiazole rings is 1. The summed E-state index contributed by atoms with van der Waals surface area (Å²) < 4.78 is 0. The molecule has 5 heteroatoms. The zero-order valence-corrected chi connectivity index (χ0v) is 10.3. The zero-order chi connectivity index (χ0) is 11.1. The van der Waals surface area contributed by atoms with Gasteiger partial charge in [0, 0.05) is 22.7 Å². The van der Waals surface area contributed by atoms with Crippen LogP contribution in [0.15, 0.2) is 11.4 Å². The lowest BCUT2D eigenvalue weighted by molar-refractivity contribution is 0.991. The van der Waals surface area contributed by atoms with Crippen molar-refractivity contribution in [3.05, 3.63) is 28.0 Å². The van der Waals surface area contributed by atoms with Gasteiger partial charge in [-0.3, -0.25) is 0 Å². The molecule has 0 bridgehead atoms. The Labute approximate surface area is 103 Å². The van der Waals surface area contributed by atoms with Crippen LogP contribution >= 0.6 is 22.9 Å². The van der Waals surface area contributed by atoms with Gasteiger partial charge >= 0.3 is 0 Å². The number of nitrogens with zero attached hydrogens (tertiary/aromatic N) is 3. The van der Waals surface area contributed by atoms with Gasteiger partial charge in [-0.25, -0.2) is 15.0 Å². The number of rotatable bonds is 2. The minimum absolute atomic E-state index is 0.514. The lowest BCUT2D eigenvalue weighted by Crippen LogP contribution is -1.94. The van der Waals surface area contributed by atoms with Crippen LogP contribution in [0.25, 0.3) is 10.8 Å². The minimum atomic E-state index is 0.514. The third kappa shape index (κ3) is 1.95. The summed E-state index contributed by atoms with van der Waals surface area (Å²) in [7, 11) is 0. The van der Waals surface area contributed by atoms with Gasteiger partial charge in [-0.2, -0.15) is 0 Å². The summed E-state index contributed by atoms with van der Waals surface area (Å²) in [5.74, 6) is 1.24. The normalized spacial score (nSPS) is 15.4. The third-order valence-corrected chi connectivity index (χ3v) is 3.67. The molecule has 2 aromatic heterocycles. The topological polar surface area (TPSA) is 38.7 Å². The van der Waals surface area contributed by atoms with Gasteiger partial charge in [0.25, 0.3) is 0 Å². The number of hydrogen-bond acceptors (Lipinski definition) is 4. The fraction of sp³-hybridized carbons (Fsp3) is 0.364. The van der Waals surface area contributed by atoms with Gasteiger partial charge in [0.05, 0.1) is 0 Å². The van der Waals surface area contributed by atoms with E-state index in [0.717, 1.165) is 16.4 Å². The fourth-order valence-corrected chi connectivity index (χ4v) is 2.50. The molecule has 0 aromatic carbocycles. The van der Waals surface area contributed by atoms with Gasteiger partial charge in [0.2, 0.25) is 0 Å². The van der Waals surface area contributed by atoms with E-state index in [1.807, 2.05) is 18.4 Å². The quantitative estimate of drug-likeness (QED) is 0.768. The molecule has 0 saturated heterocycles. The lowest BCUT2D eigenvalue weighted by atomic mass is 10.3. The molecule has 2 heterocycles. The summed E-state index contributed by atoms with van der Waals surface area (Å²) in [6, 6.07) is 1.86. The number of aromatic nitrogens is 3. The molecular formula is C11H10ClN3S. The van der Waals surface area contributed by atoms with E-state index >= 15 is 0 Å². The van der Waals surface area contributed by atoms with E-state index in [4.69, 9.17) is 11.6 Å². The van der Waals surface area contributed by atoms with Crippen LogP contribution in [-0.2, 0) is 0 Å². The number of halogens is 1. The summed E-state index contributed by atoms with van der Waals surface area (Å²) in [5, 5.41) is 3.36. The molecular weight excluding hydrogens is 242 g/mol. The Morgan fingerprint density at radius 1 is 1.31 bits per heavy atom. The summed E-state index contributed by atoms with van der Waals surface area (Å²) in [4.78, 5) is 13.1. The highest BCUT2D eigenvalue weighted by molar-refractivity contribution is 7.13. The summed E-state index contributed by atoms with van der Waals surface area (Å²) in [6.07, 6.45) is 2.42.